The molecule has 0 fully saturated rings. The number of anilines is 2. The van der Waals surface area contributed by atoms with Gasteiger partial charge in [0, 0.05) is 18.2 Å². The van der Waals surface area contributed by atoms with Crippen molar-refractivity contribution in [3.63, 3.8) is 0 Å². The fourth-order valence-corrected chi connectivity index (χ4v) is 3.28. The number of nitrogens with zero attached hydrogens (tertiary/aromatic N) is 2. The molecule has 0 atom stereocenters. The van der Waals surface area contributed by atoms with Gasteiger partial charge in [-0.3, -0.25) is 4.57 Å². The first kappa shape index (κ1) is 16.2. The number of ether oxygens (including phenoxy) is 2. The summed E-state index contributed by atoms with van der Waals surface area (Å²) in [4.78, 5) is 16.7. The number of para-hydroxylation sites is 2. The quantitative estimate of drug-likeness (QED) is 0.783. The highest BCUT2D eigenvalue weighted by Gasteiger charge is 2.19. The third-order valence-electron chi connectivity index (χ3n) is 4.57. The number of fused-ring (bicyclic) bond motifs is 3. The van der Waals surface area contributed by atoms with Crippen molar-refractivity contribution in [3.05, 3.63) is 64.6 Å². The van der Waals surface area contributed by atoms with Crippen LogP contribution in [0.25, 0.3) is 11.3 Å². The van der Waals surface area contributed by atoms with Gasteiger partial charge in [0.15, 0.2) is 0 Å². The third kappa shape index (κ3) is 2.79. The molecule has 3 aromatic rings. The van der Waals surface area contributed by atoms with E-state index in [1.165, 1.54) is 0 Å². The van der Waals surface area contributed by atoms with Crippen LogP contribution >= 0.6 is 0 Å². The van der Waals surface area contributed by atoms with E-state index in [2.05, 4.69) is 10.3 Å². The number of methoxy groups -OCH3 is 2. The average Bonchev–Trinajstić information content (AvgIpc) is 2.67. The lowest BCUT2D eigenvalue weighted by Gasteiger charge is -2.22. The van der Waals surface area contributed by atoms with Crippen LogP contribution in [0.4, 0.5) is 11.5 Å². The molecule has 2 aromatic carbocycles. The van der Waals surface area contributed by atoms with Crippen LogP contribution in [0.2, 0.25) is 0 Å². The maximum Gasteiger partial charge on any atom is 0.350 e. The lowest BCUT2D eigenvalue weighted by molar-refractivity contribution is 0.414. The van der Waals surface area contributed by atoms with Crippen molar-refractivity contribution >= 4 is 11.5 Å². The Morgan fingerprint density at radius 2 is 1.92 bits per heavy atom. The summed E-state index contributed by atoms with van der Waals surface area (Å²) in [6, 6.07) is 15.4. The molecule has 1 aliphatic heterocycles. The molecule has 0 saturated carbocycles. The fourth-order valence-electron chi connectivity index (χ4n) is 3.28. The van der Waals surface area contributed by atoms with Crippen LogP contribution in [0.5, 0.6) is 11.5 Å². The van der Waals surface area contributed by atoms with Crippen molar-refractivity contribution in [1.82, 2.24) is 9.55 Å². The predicted octanol–water partition coefficient (Wildman–Crippen LogP) is 3.23. The van der Waals surface area contributed by atoms with E-state index in [0.29, 0.717) is 18.1 Å². The van der Waals surface area contributed by atoms with Crippen LogP contribution in [-0.4, -0.2) is 23.8 Å². The molecule has 6 heteroatoms. The van der Waals surface area contributed by atoms with Crippen LogP contribution in [0.3, 0.4) is 0 Å². The second-order valence-electron chi connectivity index (χ2n) is 6.06. The van der Waals surface area contributed by atoms with Crippen molar-refractivity contribution in [3.8, 4) is 22.8 Å². The first-order valence-electron chi connectivity index (χ1n) is 8.39. The Kier molecular flexibility index (Phi) is 4.08. The first-order valence-corrected chi connectivity index (χ1v) is 8.39. The Hall–Kier alpha value is -3.28. The van der Waals surface area contributed by atoms with Gasteiger partial charge >= 0.3 is 5.69 Å². The highest BCUT2D eigenvalue weighted by atomic mass is 16.5. The number of aryl methyl sites for hydroxylation is 1. The lowest BCUT2D eigenvalue weighted by Crippen LogP contribution is -2.28. The van der Waals surface area contributed by atoms with Gasteiger partial charge in [-0.2, -0.15) is 4.98 Å². The summed E-state index contributed by atoms with van der Waals surface area (Å²) in [6.45, 7) is 0.607. The third-order valence-corrected chi connectivity index (χ3v) is 4.57. The Morgan fingerprint density at radius 3 is 2.73 bits per heavy atom. The maximum absolute atomic E-state index is 12.5. The molecule has 2 heterocycles. The van der Waals surface area contributed by atoms with E-state index < -0.39 is 0 Å². The number of benzene rings is 2. The number of aromatic nitrogens is 2. The topological polar surface area (TPSA) is 65.4 Å². The molecule has 0 unspecified atom stereocenters. The minimum absolute atomic E-state index is 0.263. The van der Waals surface area contributed by atoms with Crippen LogP contribution in [-0.2, 0) is 13.0 Å². The van der Waals surface area contributed by atoms with E-state index in [1.54, 1.807) is 18.8 Å². The molecule has 26 heavy (non-hydrogen) atoms. The van der Waals surface area contributed by atoms with Gasteiger partial charge in [-0.15, -0.1) is 0 Å². The van der Waals surface area contributed by atoms with Crippen molar-refractivity contribution in [2.24, 2.45) is 0 Å². The molecular weight excluding hydrogens is 330 g/mol. The Balaban J connectivity index is 1.78. The van der Waals surface area contributed by atoms with E-state index in [-0.39, 0.29) is 5.69 Å². The molecule has 0 aliphatic carbocycles. The van der Waals surface area contributed by atoms with Crippen molar-refractivity contribution in [2.45, 2.75) is 13.0 Å². The Morgan fingerprint density at radius 1 is 1.08 bits per heavy atom. The summed E-state index contributed by atoms with van der Waals surface area (Å²) >= 11 is 0. The molecule has 0 bridgehead atoms. The minimum Gasteiger partial charge on any atom is -0.497 e. The van der Waals surface area contributed by atoms with Gasteiger partial charge in [-0.25, -0.2) is 4.79 Å². The van der Waals surface area contributed by atoms with Gasteiger partial charge in [0.2, 0.25) is 0 Å². The van der Waals surface area contributed by atoms with Gasteiger partial charge in [0.1, 0.15) is 17.3 Å². The minimum atomic E-state index is -0.263. The average molecular weight is 349 g/mol. The maximum atomic E-state index is 12.5. The van der Waals surface area contributed by atoms with Crippen molar-refractivity contribution < 1.29 is 9.47 Å². The van der Waals surface area contributed by atoms with E-state index in [4.69, 9.17) is 9.47 Å². The van der Waals surface area contributed by atoms with Gasteiger partial charge in [0.25, 0.3) is 0 Å². The summed E-state index contributed by atoms with van der Waals surface area (Å²) in [6.07, 6.45) is 0.778. The second kappa shape index (κ2) is 6.55. The summed E-state index contributed by atoms with van der Waals surface area (Å²) in [5, 5.41) is 3.19. The molecule has 6 nitrogen and oxygen atoms in total. The van der Waals surface area contributed by atoms with Crippen LogP contribution in [0.1, 0.15) is 5.56 Å². The Bertz CT molecular complexity index is 1030. The van der Waals surface area contributed by atoms with Crippen LogP contribution < -0.4 is 20.5 Å². The van der Waals surface area contributed by atoms with Crippen molar-refractivity contribution in [2.75, 3.05) is 19.5 Å². The van der Waals surface area contributed by atoms with Gasteiger partial charge in [-0.1, -0.05) is 12.1 Å². The summed E-state index contributed by atoms with van der Waals surface area (Å²) < 4.78 is 12.4. The van der Waals surface area contributed by atoms with E-state index in [9.17, 15) is 4.79 Å². The molecule has 0 saturated heterocycles. The SMILES string of the molecule is COc1ccc2c(c1)CCn1c-2cc(Nc2ccccc2OC)nc1=O. The van der Waals surface area contributed by atoms with Crippen molar-refractivity contribution in [1.29, 1.82) is 0 Å². The van der Waals surface area contributed by atoms with Crippen LogP contribution in [0.15, 0.2) is 53.3 Å². The number of hydrogen-bond acceptors (Lipinski definition) is 5. The highest BCUT2D eigenvalue weighted by Crippen LogP contribution is 2.33. The number of hydrogen-bond donors (Lipinski definition) is 1. The molecule has 1 aromatic heterocycles. The van der Waals surface area contributed by atoms with Gasteiger partial charge in [-0.05, 0) is 42.3 Å². The van der Waals surface area contributed by atoms with E-state index in [0.717, 1.165) is 34.7 Å². The van der Waals surface area contributed by atoms with Gasteiger partial charge < -0.3 is 14.8 Å². The molecule has 1 aliphatic rings. The first-order chi connectivity index (χ1) is 12.7. The molecule has 4 rings (SSSR count). The second-order valence-corrected chi connectivity index (χ2v) is 6.06. The molecule has 0 radical (unpaired) electrons. The largest absolute Gasteiger partial charge is 0.497 e. The molecule has 132 valence electrons. The summed E-state index contributed by atoms with van der Waals surface area (Å²) in [5.74, 6) is 2.01. The highest BCUT2D eigenvalue weighted by molar-refractivity contribution is 5.71. The smallest absolute Gasteiger partial charge is 0.350 e. The normalized spacial score (nSPS) is 12.1. The van der Waals surface area contributed by atoms with Crippen LogP contribution in [0, 0.1) is 0 Å². The molecule has 0 amide bonds. The Labute approximate surface area is 151 Å². The number of rotatable bonds is 4. The van der Waals surface area contributed by atoms with E-state index >= 15 is 0 Å². The zero-order valence-electron chi connectivity index (χ0n) is 14.7. The fraction of sp³-hybridized carbons (Fsp3) is 0.200. The predicted molar refractivity (Wildman–Crippen MR) is 100 cm³/mol. The zero-order chi connectivity index (χ0) is 18.1. The summed E-state index contributed by atoms with van der Waals surface area (Å²) in [5.41, 5.74) is 3.54. The standard InChI is InChI=1S/C20H19N3O3/c1-25-14-7-8-15-13(11-14)9-10-23-17(15)12-19(22-20(23)24)21-16-5-3-4-6-18(16)26-2/h3-8,11-12H,9-10H2,1-2H3,(H,21,22,24). The van der Waals surface area contributed by atoms with Gasteiger partial charge in [0.05, 0.1) is 25.6 Å². The molecule has 1 N–H and O–H groups in total. The molecule has 0 spiro atoms. The lowest BCUT2D eigenvalue weighted by atomic mass is 9.97. The molecular formula is C20H19N3O3. The van der Waals surface area contributed by atoms with E-state index in [1.807, 2.05) is 48.5 Å². The number of nitrogens with one attached hydrogen (secondary N) is 1. The summed E-state index contributed by atoms with van der Waals surface area (Å²) in [7, 11) is 3.27. The zero-order valence-corrected chi connectivity index (χ0v) is 14.7. The monoisotopic (exact) mass is 349 g/mol.